The maximum atomic E-state index is 11.6. The van der Waals surface area contributed by atoms with Gasteiger partial charge in [-0.15, -0.1) is 5.10 Å². The summed E-state index contributed by atoms with van der Waals surface area (Å²) < 4.78 is 1.72. The van der Waals surface area contributed by atoms with E-state index in [-0.39, 0.29) is 5.69 Å². The van der Waals surface area contributed by atoms with Crippen LogP contribution in [0.4, 0.5) is 0 Å². The molecule has 1 heterocycles. The summed E-state index contributed by atoms with van der Waals surface area (Å²) in [4.78, 5) is 11.6. The molecule has 2 N–H and O–H groups in total. The first kappa shape index (κ1) is 14.7. The monoisotopic (exact) mass is 284 g/mol. The van der Waals surface area contributed by atoms with Crippen molar-refractivity contribution in [2.45, 2.75) is 68.4 Å². The van der Waals surface area contributed by atoms with Crippen molar-refractivity contribution in [1.29, 1.82) is 0 Å². The molecule has 1 aliphatic carbocycles. The van der Waals surface area contributed by atoms with Crippen LogP contribution in [-0.2, 0) is 6.54 Å². The number of rotatable bonds is 4. The molecule has 0 saturated heterocycles. The van der Waals surface area contributed by atoms with Crippen LogP contribution in [0.1, 0.15) is 45.4 Å². The fourth-order valence-corrected chi connectivity index (χ4v) is 4.16. The summed E-state index contributed by atoms with van der Waals surface area (Å²) in [6.45, 7) is 2.66. The summed E-state index contributed by atoms with van der Waals surface area (Å²) in [6.07, 6.45) is 7.66. The van der Waals surface area contributed by atoms with Gasteiger partial charge in [-0.05, 0) is 26.8 Å². The minimum absolute atomic E-state index is 0.100. The van der Waals surface area contributed by atoms with Crippen molar-refractivity contribution in [1.82, 2.24) is 20.1 Å². The molecule has 19 heavy (non-hydrogen) atoms. The number of thioether (sulfide) groups is 1. The van der Waals surface area contributed by atoms with Crippen molar-refractivity contribution in [2.24, 2.45) is 0 Å². The Morgan fingerprint density at radius 2 is 2.11 bits per heavy atom. The van der Waals surface area contributed by atoms with E-state index in [1.807, 2.05) is 14.0 Å². The summed E-state index contributed by atoms with van der Waals surface area (Å²) in [6, 6.07) is 0.516. The van der Waals surface area contributed by atoms with Crippen molar-refractivity contribution in [2.75, 3.05) is 7.05 Å². The quantitative estimate of drug-likeness (QED) is 0.887. The van der Waals surface area contributed by atoms with Gasteiger partial charge in [0.2, 0.25) is 0 Å². The van der Waals surface area contributed by atoms with Crippen molar-refractivity contribution >= 4 is 11.8 Å². The van der Waals surface area contributed by atoms with Gasteiger partial charge >= 0.3 is 5.69 Å². The van der Waals surface area contributed by atoms with Gasteiger partial charge in [-0.1, -0.05) is 37.4 Å². The van der Waals surface area contributed by atoms with Crippen LogP contribution in [0.2, 0.25) is 0 Å². The first-order chi connectivity index (χ1) is 9.26. The van der Waals surface area contributed by atoms with Crippen LogP contribution in [0.25, 0.3) is 0 Å². The van der Waals surface area contributed by atoms with E-state index in [0.29, 0.717) is 17.8 Å². The van der Waals surface area contributed by atoms with Crippen molar-refractivity contribution in [3.05, 3.63) is 10.5 Å². The highest BCUT2D eigenvalue weighted by atomic mass is 32.2. The SMILES string of the molecule is CCn1c(SC2CCCCCCC2NC)n[nH]c1=O. The lowest BCUT2D eigenvalue weighted by Crippen LogP contribution is -2.36. The zero-order valence-electron chi connectivity index (χ0n) is 11.8. The number of aromatic amines is 1. The number of aromatic nitrogens is 3. The second-order valence-corrected chi connectivity index (χ2v) is 6.30. The molecule has 108 valence electrons. The Hall–Kier alpha value is -0.750. The fraction of sp³-hybridized carbons (Fsp3) is 0.846. The third-order valence-electron chi connectivity index (χ3n) is 3.87. The van der Waals surface area contributed by atoms with Gasteiger partial charge in [0.25, 0.3) is 0 Å². The van der Waals surface area contributed by atoms with E-state index in [9.17, 15) is 4.79 Å². The minimum atomic E-state index is -0.100. The molecule has 0 aliphatic heterocycles. The Morgan fingerprint density at radius 3 is 2.79 bits per heavy atom. The lowest BCUT2D eigenvalue weighted by Gasteiger charge is -2.28. The maximum Gasteiger partial charge on any atom is 0.343 e. The van der Waals surface area contributed by atoms with Gasteiger partial charge in [-0.3, -0.25) is 4.57 Å². The fourth-order valence-electron chi connectivity index (χ4n) is 2.73. The van der Waals surface area contributed by atoms with Gasteiger partial charge < -0.3 is 5.32 Å². The molecule has 2 rings (SSSR count). The van der Waals surface area contributed by atoms with E-state index in [1.165, 1.54) is 38.5 Å². The predicted molar refractivity (Wildman–Crippen MR) is 78.7 cm³/mol. The second-order valence-electron chi connectivity index (χ2n) is 5.10. The average molecular weight is 284 g/mol. The molecular weight excluding hydrogens is 260 g/mol. The molecule has 2 atom stereocenters. The minimum Gasteiger partial charge on any atom is -0.316 e. The Bertz CT molecular complexity index is 442. The number of nitrogens with one attached hydrogen (secondary N) is 2. The average Bonchev–Trinajstić information content (AvgIpc) is 2.73. The Labute approximate surface area is 118 Å². The van der Waals surface area contributed by atoms with E-state index in [4.69, 9.17) is 0 Å². The van der Waals surface area contributed by atoms with Gasteiger partial charge in [0, 0.05) is 17.8 Å². The van der Waals surface area contributed by atoms with Crippen LogP contribution in [0.15, 0.2) is 9.95 Å². The second kappa shape index (κ2) is 7.14. The zero-order valence-corrected chi connectivity index (χ0v) is 12.6. The topological polar surface area (TPSA) is 62.7 Å². The predicted octanol–water partition coefficient (Wildman–Crippen LogP) is 1.99. The molecule has 0 amide bonds. The Kier molecular flexibility index (Phi) is 5.51. The summed E-state index contributed by atoms with van der Waals surface area (Å²) in [5, 5.41) is 11.5. The number of hydrogen-bond donors (Lipinski definition) is 2. The normalized spacial score (nSPS) is 24.9. The van der Waals surface area contributed by atoms with Gasteiger partial charge in [-0.2, -0.15) is 0 Å². The third kappa shape index (κ3) is 3.63. The standard InChI is InChI=1S/C13H24N4OS/c1-3-17-12(18)15-16-13(17)19-11-9-7-5-4-6-8-10(11)14-2/h10-11,14H,3-9H2,1-2H3,(H,15,18). The molecule has 0 bridgehead atoms. The summed E-state index contributed by atoms with van der Waals surface area (Å²) in [7, 11) is 2.04. The molecule has 0 aromatic carbocycles. The summed E-state index contributed by atoms with van der Waals surface area (Å²) in [5.74, 6) is 0. The first-order valence-electron chi connectivity index (χ1n) is 7.25. The van der Waals surface area contributed by atoms with Crippen LogP contribution in [0.5, 0.6) is 0 Å². The smallest absolute Gasteiger partial charge is 0.316 e. The number of H-pyrrole nitrogens is 1. The molecule has 1 aliphatic rings. The molecule has 1 fully saturated rings. The first-order valence-corrected chi connectivity index (χ1v) is 8.13. The zero-order chi connectivity index (χ0) is 13.7. The molecule has 1 saturated carbocycles. The molecule has 0 spiro atoms. The van der Waals surface area contributed by atoms with Crippen LogP contribution < -0.4 is 11.0 Å². The van der Waals surface area contributed by atoms with Crippen molar-refractivity contribution in [3.63, 3.8) is 0 Å². The van der Waals surface area contributed by atoms with E-state index in [0.717, 1.165) is 5.16 Å². The van der Waals surface area contributed by atoms with Crippen LogP contribution in [-0.4, -0.2) is 33.1 Å². The molecule has 0 radical (unpaired) electrons. The number of hydrogen-bond acceptors (Lipinski definition) is 4. The molecule has 6 heteroatoms. The van der Waals surface area contributed by atoms with Gasteiger partial charge in [0.1, 0.15) is 0 Å². The number of nitrogens with zero attached hydrogens (tertiary/aromatic N) is 2. The van der Waals surface area contributed by atoms with Crippen LogP contribution >= 0.6 is 11.8 Å². The summed E-state index contributed by atoms with van der Waals surface area (Å²) in [5.41, 5.74) is -0.100. The third-order valence-corrected chi connectivity index (χ3v) is 5.26. The van der Waals surface area contributed by atoms with E-state index in [1.54, 1.807) is 16.3 Å². The molecule has 5 nitrogen and oxygen atoms in total. The van der Waals surface area contributed by atoms with Crippen LogP contribution in [0, 0.1) is 0 Å². The Balaban J connectivity index is 2.11. The molecule has 2 unspecified atom stereocenters. The van der Waals surface area contributed by atoms with Crippen molar-refractivity contribution in [3.8, 4) is 0 Å². The van der Waals surface area contributed by atoms with E-state index < -0.39 is 0 Å². The van der Waals surface area contributed by atoms with Gasteiger partial charge in [0.05, 0.1) is 0 Å². The molecule has 1 aromatic rings. The summed E-state index contributed by atoms with van der Waals surface area (Å²) >= 11 is 1.75. The van der Waals surface area contributed by atoms with E-state index >= 15 is 0 Å². The molecule has 1 aromatic heterocycles. The highest BCUT2D eigenvalue weighted by Gasteiger charge is 2.24. The highest BCUT2D eigenvalue weighted by Crippen LogP contribution is 2.30. The largest absolute Gasteiger partial charge is 0.343 e. The lowest BCUT2D eigenvalue weighted by atomic mass is 9.96. The van der Waals surface area contributed by atoms with Gasteiger partial charge in [-0.25, -0.2) is 9.89 Å². The molecular formula is C13H24N4OS. The van der Waals surface area contributed by atoms with Gasteiger partial charge in [0.15, 0.2) is 5.16 Å². The maximum absolute atomic E-state index is 11.6. The van der Waals surface area contributed by atoms with Crippen molar-refractivity contribution < 1.29 is 0 Å². The Morgan fingerprint density at radius 1 is 1.37 bits per heavy atom. The highest BCUT2D eigenvalue weighted by molar-refractivity contribution is 7.99. The van der Waals surface area contributed by atoms with Crippen LogP contribution in [0.3, 0.4) is 0 Å². The van der Waals surface area contributed by atoms with E-state index in [2.05, 4.69) is 15.5 Å². The lowest BCUT2D eigenvalue weighted by molar-refractivity contribution is 0.419.